The predicted octanol–water partition coefficient (Wildman–Crippen LogP) is 0.818. The minimum Gasteiger partial charge on any atom is -0.372 e. The summed E-state index contributed by atoms with van der Waals surface area (Å²) in [5.74, 6) is 0. The van der Waals surface area contributed by atoms with E-state index in [0.29, 0.717) is 12.2 Å². The van der Waals surface area contributed by atoms with Crippen molar-refractivity contribution < 1.29 is 9.47 Å². The van der Waals surface area contributed by atoms with Crippen molar-refractivity contribution in [1.82, 2.24) is 9.80 Å². The molecule has 2 fully saturated rings. The van der Waals surface area contributed by atoms with Crippen LogP contribution in [0.1, 0.15) is 20.3 Å². The second kappa shape index (κ2) is 6.69. The molecule has 2 saturated heterocycles. The van der Waals surface area contributed by atoms with E-state index in [-0.39, 0.29) is 0 Å². The van der Waals surface area contributed by atoms with E-state index in [9.17, 15) is 0 Å². The summed E-state index contributed by atoms with van der Waals surface area (Å²) in [5.41, 5.74) is 0. The van der Waals surface area contributed by atoms with Crippen molar-refractivity contribution in [1.29, 1.82) is 0 Å². The molecule has 2 rings (SSSR count). The van der Waals surface area contributed by atoms with Gasteiger partial charge in [0.25, 0.3) is 0 Å². The van der Waals surface area contributed by atoms with Crippen LogP contribution in [0.15, 0.2) is 0 Å². The maximum Gasteiger partial charge on any atom is 0.0936 e. The molecule has 0 amide bonds. The van der Waals surface area contributed by atoms with Gasteiger partial charge in [0.05, 0.1) is 25.4 Å². The molecule has 17 heavy (non-hydrogen) atoms. The number of nitrogens with zero attached hydrogens (tertiary/aromatic N) is 2. The first-order valence-electron chi connectivity index (χ1n) is 6.99. The van der Waals surface area contributed by atoms with Gasteiger partial charge in [0.1, 0.15) is 0 Å². The fourth-order valence-corrected chi connectivity index (χ4v) is 2.24. The van der Waals surface area contributed by atoms with Gasteiger partial charge in [-0.25, -0.2) is 0 Å². The second-order valence-corrected chi connectivity index (χ2v) is 5.05. The molecule has 0 aromatic heterocycles. The van der Waals surface area contributed by atoms with Crippen LogP contribution in [0, 0.1) is 0 Å². The molecule has 0 N–H and O–H groups in total. The standard InChI is InChI=1S/C13H26N2O2/c1-3-14(4-2)6-5-7-15(8-12-10-16-12)9-13-11-17-13/h12-13H,3-11H2,1-2H3. The van der Waals surface area contributed by atoms with Gasteiger partial charge in [-0.15, -0.1) is 0 Å². The van der Waals surface area contributed by atoms with Gasteiger partial charge in [-0.05, 0) is 32.6 Å². The van der Waals surface area contributed by atoms with Crippen LogP contribution in [-0.4, -0.2) is 74.5 Å². The average Bonchev–Trinajstić information content (AvgIpc) is 3.20. The monoisotopic (exact) mass is 242 g/mol. The lowest BCUT2D eigenvalue weighted by molar-refractivity contribution is 0.203. The Labute approximate surface area is 105 Å². The summed E-state index contributed by atoms with van der Waals surface area (Å²) in [5, 5.41) is 0. The number of hydrogen-bond acceptors (Lipinski definition) is 4. The second-order valence-electron chi connectivity index (χ2n) is 5.05. The summed E-state index contributed by atoms with van der Waals surface area (Å²) < 4.78 is 10.6. The molecular formula is C13H26N2O2. The lowest BCUT2D eigenvalue weighted by Crippen LogP contribution is -2.34. The van der Waals surface area contributed by atoms with Crippen LogP contribution in [0.5, 0.6) is 0 Å². The molecule has 2 heterocycles. The molecule has 0 aromatic rings. The molecule has 0 radical (unpaired) electrons. The van der Waals surface area contributed by atoms with Crippen molar-refractivity contribution in [2.45, 2.75) is 32.5 Å². The molecule has 4 heteroatoms. The fraction of sp³-hybridized carbons (Fsp3) is 1.00. The highest BCUT2D eigenvalue weighted by atomic mass is 16.6. The lowest BCUT2D eigenvalue weighted by atomic mass is 10.3. The number of ether oxygens (including phenoxy) is 2. The van der Waals surface area contributed by atoms with Crippen LogP contribution in [0.25, 0.3) is 0 Å². The van der Waals surface area contributed by atoms with E-state index < -0.39 is 0 Å². The molecule has 2 aliphatic heterocycles. The zero-order valence-corrected chi connectivity index (χ0v) is 11.2. The molecule has 100 valence electrons. The van der Waals surface area contributed by atoms with Crippen LogP contribution < -0.4 is 0 Å². The molecule has 2 aliphatic rings. The highest BCUT2D eigenvalue weighted by Gasteiger charge is 2.30. The van der Waals surface area contributed by atoms with Crippen molar-refractivity contribution in [3.63, 3.8) is 0 Å². The third-order valence-corrected chi connectivity index (χ3v) is 3.57. The highest BCUT2D eigenvalue weighted by Crippen LogP contribution is 2.15. The summed E-state index contributed by atoms with van der Waals surface area (Å²) in [7, 11) is 0. The van der Waals surface area contributed by atoms with Gasteiger partial charge in [0.15, 0.2) is 0 Å². The summed E-state index contributed by atoms with van der Waals surface area (Å²) in [6, 6.07) is 0. The zero-order valence-electron chi connectivity index (χ0n) is 11.2. The van der Waals surface area contributed by atoms with E-state index in [1.54, 1.807) is 0 Å². The van der Waals surface area contributed by atoms with Crippen molar-refractivity contribution in [2.75, 3.05) is 52.5 Å². The summed E-state index contributed by atoms with van der Waals surface area (Å²) in [4.78, 5) is 5.00. The van der Waals surface area contributed by atoms with Gasteiger partial charge in [-0.2, -0.15) is 0 Å². The molecule has 0 saturated carbocycles. The van der Waals surface area contributed by atoms with Crippen molar-refractivity contribution in [3.05, 3.63) is 0 Å². The van der Waals surface area contributed by atoms with E-state index >= 15 is 0 Å². The zero-order chi connectivity index (χ0) is 12.1. The Bertz CT molecular complexity index is 199. The van der Waals surface area contributed by atoms with Crippen molar-refractivity contribution >= 4 is 0 Å². The molecule has 0 aliphatic carbocycles. The SMILES string of the molecule is CCN(CC)CCCN(CC1CO1)CC1CO1. The summed E-state index contributed by atoms with van der Waals surface area (Å²) in [6.07, 6.45) is 2.26. The van der Waals surface area contributed by atoms with Crippen LogP contribution in [0.3, 0.4) is 0 Å². The Morgan fingerprint density at radius 1 is 0.882 bits per heavy atom. The normalized spacial score (nSPS) is 26.8. The predicted molar refractivity (Wildman–Crippen MR) is 68.3 cm³/mol. The molecule has 0 bridgehead atoms. The molecule has 0 spiro atoms. The molecule has 4 nitrogen and oxygen atoms in total. The quantitative estimate of drug-likeness (QED) is 0.531. The van der Waals surface area contributed by atoms with Gasteiger partial charge in [0.2, 0.25) is 0 Å². The molecule has 2 atom stereocenters. The lowest BCUT2D eigenvalue weighted by Gasteiger charge is -2.23. The third-order valence-electron chi connectivity index (χ3n) is 3.57. The topological polar surface area (TPSA) is 31.5 Å². The number of hydrogen-bond donors (Lipinski definition) is 0. The van der Waals surface area contributed by atoms with E-state index in [2.05, 4.69) is 23.6 Å². The highest BCUT2D eigenvalue weighted by molar-refractivity contribution is 4.80. The first-order valence-corrected chi connectivity index (χ1v) is 6.99. The van der Waals surface area contributed by atoms with Crippen molar-refractivity contribution in [3.8, 4) is 0 Å². The molecule has 0 aromatic carbocycles. The first kappa shape index (κ1) is 13.3. The summed E-state index contributed by atoms with van der Waals surface area (Å²) in [6.45, 7) is 13.3. The Hall–Kier alpha value is -0.160. The first-order chi connectivity index (χ1) is 8.31. The minimum atomic E-state index is 0.502. The third kappa shape index (κ3) is 5.34. The maximum absolute atomic E-state index is 5.32. The number of epoxide rings is 2. The van der Waals surface area contributed by atoms with E-state index in [1.165, 1.54) is 19.5 Å². The average molecular weight is 242 g/mol. The Balaban J connectivity index is 1.60. The van der Waals surface area contributed by atoms with E-state index in [0.717, 1.165) is 39.4 Å². The molecule has 2 unspecified atom stereocenters. The Morgan fingerprint density at radius 3 is 1.76 bits per heavy atom. The van der Waals surface area contributed by atoms with Gasteiger partial charge >= 0.3 is 0 Å². The van der Waals surface area contributed by atoms with Crippen LogP contribution >= 0.6 is 0 Å². The Kier molecular flexibility index (Phi) is 5.22. The smallest absolute Gasteiger partial charge is 0.0936 e. The number of rotatable bonds is 10. The van der Waals surface area contributed by atoms with Gasteiger partial charge < -0.3 is 14.4 Å². The van der Waals surface area contributed by atoms with E-state index in [1.807, 2.05) is 0 Å². The minimum absolute atomic E-state index is 0.502. The van der Waals surface area contributed by atoms with Gasteiger partial charge in [0, 0.05) is 13.1 Å². The maximum atomic E-state index is 5.32. The van der Waals surface area contributed by atoms with Crippen LogP contribution in [0.4, 0.5) is 0 Å². The van der Waals surface area contributed by atoms with Crippen LogP contribution in [-0.2, 0) is 9.47 Å². The van der Waals surface area contributed by atoms with E-state index in [4.69, 9.17) is 9.47 Å². The van der Waals surface area contributed by atoms with Gasteiger partial charge in [-0.1, -0.05) is 13.8 Å². The Morgan fingerprint density at radius 2 is 1.35 bits per heavy atom. The van der Waals surface area contributed by atoms with Gasteiger partial charge in [-0.3, -0.25) is 4.90 Å². The fourth-order valence-electron chi connectivity index (χ4n) is 2.24. The largest absolute Gasteiger partial charge is 0.372 e. The van der Waals surface area contributed by atoms with Crippen molar-refractivity contribution in [2.24, 2.45) is 0 Å². The summed E-state index contributed by atoms with van der Waals surface area (Å²) >= 11 is 0. The molecular weight excluding hydrogens is 216 g/mol. The van der Waals surface area contributed by atoms with Crippen LogP contribution in [0.2, 0.25) is 0 Å².